The first-order valence-electron chi connectivity index (χ1n) is 9.01. The van der Waals surface area contributed by atoms with Crippen LogP contribution in [0.1, 0.15) is 29.2 Å². The molecular formula is C23H20FN3O2. The lowest BCUT2D eigenvalue weighted by Gasteiger charge is -2.39. The first kappa shape index (κ1) is 20.0. The Labute approximate surface area is 168 Å². The van der Waals surface area contributed by atoms with Gasteiger partial charge in [-0.05, 0) is 42.3 Å². The molecule has 1 N–H and O–H groups in total. The maximum absolute atomic E-state index is 13.2. The normalized spacial score (nSPS) is 20.3. The standard InChI is InChI=1S/C23H20FN3O2/c1-4-16-6-5-7-17(14-25)19(16)12-20-21(28)26-23(2,22(29)27(20)3)13-15-8-10-18(24)11-9-15/h4-12H,1,13H2,2-3H3,(H,26,28). The zero-order valence-electron chi connectivity index (χ0n) is 16.2. The summed E-state index contributed by atoms with van der Waals surface area (Å²) < 4.78 is 13.2. The van der Waals surface area contributed by atoms with E-state index in [0.717, 1.165) is 5.56 Å². The zero-order valence-corrected chi connectivity index (χ0v) is 16.2. The van der Waals surface area contributed by atoms with Crippen LogP contribution >= 0.6 is 0 Å². The van der Waals surface area contributed by atoms with Crippen LogP contribution in [-0.4, -0.2) is 29.3 Å². The van der Waals surface area contributed by atoms with Crippen LogP contribution in [-0.2, 0) is 16.0 Å². The van der Waals surface area contributed by atoms with Crippen molar-refractivity contribution in [2.24, 2.45) is 0 Å². The van der Waals surface area contributed by atoms with Gasteiger partial charge in [0.2, 0.25) is 0 Å². The predicted molar refractivity (Wildman–Crippen MR) is 109 cm³/mol. The first-order valence-corrected chi connectivity index (χ1v) is 9.01. The quantitative estimate of drug-likeness (QED) is 0.816. The highest BCUT2D eigenvalue weighted by Crippen LogP contribution is 2.27. The van der Waals surface area contributed by atoms with E-state index in [1.165, 1.54) is 30.2 Å². The van der Waals surface area contributed by atoms with Gasteiger partial charge in [0, 0.05) is 19.0 Å². The third-order valence-electron chi connectivity index (χ3n) is 4.99. The van der Waals surface area contributed by atoms with Crippen LogP contribution in [0.2, 0.25) is 0 Å². The molecule has 2 amide bonds. The summed E-state index contributed by atoms with van der Waals surface area (Å²) in [4.78, 5) is 27.3. The van der Waals surface area contributed by atoms with Crippen molar-refractivity contribution >= 4 is 24.0 Å². The molecule has 0 aliphatic carbocycles. The van der Waals surface area contributed by atoms with Crippen molar-refractivity contribution in [1.82, 2.24) is 10.2 Å². The Morgan fingerprint density at radius 1 is 1.24 bits per heavy atom. The van der Waals surface area contributed by atoms with E-state index >= 15 is 0 Å². The number of hydrogen-bond acceptors (Lipinski definition) is 3. The van der Waals surface area contributed by atoms with Crippen molar-refractivity contribution in [3.05, 3.63) is 82.8 Å². The molecule has 0 spiro atoms. The number of carbonyl (C=O) groups excluding carboxylic acids is 2. The van der Waals surface area contributed by atoms with Gasteiger partial charge in [-0.25, -0.2) is 4.39 Å². The van der Waals surface area contributed by atoms with Gasteiger partial charge in [0.1, 0.15) is 17.1 Å². The molecule has 3 rings (SSSR count). The molecule has 2 aromatic carbocycles. The van der Waals surface area contributed by atoms with Crippen LogP contribution in [0.15, 0.2) is 54.7 Å². The Kier molecular flexibility index (Phi) is 5.33. The minimum Gasteiger partial charge on any atom is -0.336 e. The number of benzene rings is 2. The third kappa shape index (κ3) is 3.81. The van der Waals surface area contributed by atoms with Gasteiger partial charge >= 0.3 is 0 Å². The Morgan fingerprint density at radius 3 is 2.55 bits per heavy atom. The first-order chi connectivity index (χ1) is 13.8. The summed E-state index contributed by atoms with van der Waals surface area (Å²) in [6.45, 7) is 5.38. The Hall–Kier alpha value is -3.72. The number of likely N-dealkylation sites (N-methyl/N-ethyl adjacent to an activating group) is 1. The molecule has 0 saturated carbocycles. The number of nitrogens with one attached hydrogen (secondary N) is 1. The Bertz CT molecular complexity index is 1070. The number of halogens is 1. The topological polar surface area (TPSA) is 73.2 Å². The van der Waals surface area contributed by atoms with Crippen LogP contribution in [0.3, 0.4) is 0 Å². The molecule has 1 saturated heterocycles. The van der Waals surface area contributed by atoms with Gasteiger partial charge in [-0.1, -0.05) is 36.9 Å². The molecule has 0 bridgehead atoms. The highest BCUT2D eigenvalue weighted by atomic mass is 19.1. The summed E-state index contributed by atoms with van der Waals surface area (Å²) >= 11 is 0. The Morgan fingerprint density at radius 2 is 1.93 bits per heavy atom. The van der Waals surface area contributed by atoms with E-state index in [1.54, 1.807) is 43.3 Å². The van der Waals surface area contributed by atoms with Crippen LogP contribution in [0, 0.1) is 17.1 Å². The molecule has 1 fully saturated rings. The Balaban J connectivity index is 1.97. The third-order valence-corrected chi connectivity index (χ3v) is 4.99. The number of piperazine rings is 1. The summed E-state index contributed by atoms with van der Waals surface area (Å²) in [6.07, 6.45) is 3.34. The number of nitrogens with zero attached hydrogens (tertiary/aromatic N) is 2. The van der Waals surface area contributed by atoms with E-state index < -0.39 is 11.4 Å². The average Bonchev–Trinajstić information content (AvgIpc) is 2.71. The van der Waals surface area contributed by atoms with Gasteiger partial charge in [-0.3, -0.25) is 9.59 Å². The molecule has 0 aromatic heterocycles. The minimum atomic E-state index is -1.17. The van der Waals surface area contributed by atoms with E-state index in [-0.39, 0.29) is 23.8 Å². The average molecular weight is 389 g/mol. The van der Waals surface area contributed by atoms with Crippen molar-refractivity contribution in [2.75, 3.05) is 7.05 Å². The molecular weight excluding hydrogens is 369 g/mol. The second-order valence-corrected chi connectivity index (χ2v) is 7.11. The zero-order chi connectivity index (χ0) is 21.2. The van der Waals surface area contributed by atoms with E-state index in [0.29, 0.717) is 16.7 Å². The second-order valence-electron chi connectivity index (χ2n) is 7.11. The van der Waals surface area contributed by atoms with Crippen molar-refractivity contribution in [2.45, 2.75) is 18.9 Å². The van der Waals surface area contributed by atoms with Crippen molar-refractivity contribution < 1.29 is 14.0 Å². The van der Waals surface area contributed by atoms with Crippen LogP contribution < -0.4 is 5.32 Å². The number of rotatable bonds is 4. The number of amides is 2. The molecule has 29 heavy (non-hydrogen) atoms. The lowest BCUT2D eigenvalue weighted by molar-refractivity contribution is -0.143. The fourth-order valence-corrected chi connectivity index (χ4v) is 3.45. The monoisotopic (exact) mass is 389 g/mol. The smallest absolute Gasteiger partial charge is 0.268 e. The van der Waals surface area contributed by atoms with Crippen LogP contribution in [0.25, 0.3) is 12.2 Å². The van der Waals surface area contributed by atoms with Crippen molar-refractivity contribution in [3.63, 3.8) is 0 Å². The molecule has 146 valence electrons. The second kappa shape index (κ2) is 7.72. The predicted octanol–water partition coefficient (Wildman–Crippen LogP) is 3.27. The molecule has 1 heterocycles. The molecule has 6 heteroatoms. The van der Waals surface area contributed by atoms with Gasteiger partial charge in [-0.15, -0.1) is 0 Å². The molecule has 1 atom stereocenters. The molecule has 5 nitrogen and oxygen atoms in total. The number of nitriles is 1. The molecule has 1 aliphatic heterocycles. The number of hydrogen-bond donors (Lipinski definition) is 1. The SMILES string of the molecule is C=Cc1cccc(C#N)c1C=C1C(=O)NC(C)(Cc2ccc(F)cc2)C(=O)N1C. The summed E-state index contributed by atoms with van der Waals surface area (Å²) in [5, 5.41) is 12.2. The van der Waals surface area contributed by atoms with E-state index in [9.17, 15) is 19.2 Å². The van der Waals surface area contributed by atoms with E-state index in [4.69, 9.17) is 0 Å². The van der Waals surface area contributed by atoms with Crippen molar-refractivity contribution in [1.29, 1.82) is 5.26 Å². The highest BCUT2D eigenvalue weighted by molar-refractivity contribution is 6.09. The maximum atomic E-state index is 13.2. The van der Waals surface area contributed by atoms with Gasteiger partial charge in [0.25, 0.3) is 11.8 Å². The molecule has 2 aromatic rings. The largest absolute Gasteiger partial charge is 0.336 e. The fraction of sp³-hybridized carbons (Fsp3) is 0.174. The molecule has 1 unspecified atom stereocenters. The summed E-state index contributed by atoms with van der Waals surface area (Å²) in [5.41, 5.74) is 1.28. The molecule has 0 radical (unpaired) electrons. The van der Waals surface area contributed by atoms with Gasteiger partial charge < -0.3 is 10.2 Å². The van der Waals surface area contributed by atoms with Crippen molar-refractivity contribution in [3.8, 4) is 6.07 Å². The maximum Gasteiger partial charge on any atom is 0.268 e. The van der Waals surface area contributed by atoms with E-state index in [2.05, 4.69) is 18.0 Å². The van der Waals surface area contributed by atoms with Gasteiger partial charge in [-0.2, -0.15) is 5.26 Å². The summed E-state index contributed by atoms with van der Waals surface area (Å²) in [7, 11) is 1.53. The molecule has 1 aliphatic rings. The van der Waals surface area contributed by atoms with Gasteiger partial charge in [0.15, 0.2) is 0 Å². The minimum absolute atomic E-state index is 0.136. The van der Waals surface area contributed by atoms with Crippen LogP contribution in [0.4, 0.5) is 4.39 Å². The van der Waals surface area contributed by atoms with E-state index in [1.807, 2.05) is 0 Å². The van der Waals surface area contributed by atoms with Crippen LogP contribution in [0.5, 0.6) is 0 Å². The fourth-order valence-electron chi connectivity index (χ4n) is 3.45. The lowest BCUT2D eigenvalue weighted by atomic mass is 9.88. The number of carbonyl (C=O) groups is 2. The lowest BCUT2D eigenvalue weighted by Crippen LogP contribution is -2.64. The summed E-state index contributed by atoms with van der Waals surface area (Å²) in [5.74, 6) is -1.10. The summed E-state index contributed by atoms with van der Waals surface area (Å²) in [6, 6.07) is 13.1. The highest BCUT2D eigenvalue weighted by Gasteiger charge is 2.44. The van der Waals surface area contributed by atoms with Gasteiger partial charge in [0.05, 0.1) is 11.6 Å².